The van der Waals surface area contributed by atoms with Crippen LogP contribution < -0.4 is 10.9 Å². The lowest BCUT2D eigenvalue weighted by molar-refractivity contribution is -0.135. The average molecular weight is 503 g/mol. The summed E-state index contributed by atoms with van der Waals surface area (Å²) in [7, 11) is 1.88. The Hall–Kier alpha value is -3.29. The van der Waals surface area contributed by atoms with Gasteiger partial charge in [-0.2, -0.15) is 0 Å². The molecule has 0 aromatic heterocycles. The topological polar surface area (TPSA) is 64.7 Å². The molecule has 37 heavy (non-hydrogen) atoms. The second-order valence-electron chi connectivity index (χ2n) is 10.3. The second kappa shape index (κ2) is 11.4. The summed E-state index contributed by atoms with van der Waals surface area (Å²) in [6.45, 7) is 1.91. The maximum atomic E-state index is 13.5. The molecule has 2 fully saturated rings. The number of fused-ring (bicyclic) bond motifs is 1. The third-order valence-corrected chi connectivity index (χ3v) is 7.81. The van der Waals surface area contributed by atoms with Gasteiger partial charge in [-0.3, -0.25) is 20.4 Å². The van der Waals surface area contributed by atoms with Gasteiger partial charge in [-0.25, -0.2) is 4.39 Å². The minimum Gasteiger partial charge on any atom is -0.346 e. The van der Waals surface area contributed by atoms with Crippen molar-refractivity contribution in [2.45, 2.75) is 44.2 Å². The number of nitrogens with zero attached hydrogens (tertiary/aromatic N) is 2. The maximum Gasteiger partial charge on any atom is 0.254 e. The quantitative estimate of drug-likeness (QED) is 0.493. The summed E-state index contributed by atoms with van der Waals surface area (Å²) in [5.74, 6) is -0.0329. The highest BCUT2D eigenvalue weighted by Gasteiger charge is 2.30. The molecule has 2 amide bonds. The first-order valence-corrected chi connectivity index (χ1v) is 13.3. The Morgan fingerprint density at radius 2 is 1.76 bits per heavy atom. The van der Waals surface area contributed by atoms with Gasteiger partial charge in [0.15, 0.2) is 0 Å². The van der Waals surface area contributed by atoms with Gasteiger partial charge in [-0.1, -0.05) is 48.5 Å². The van der Waals surface area contributed by atoms with Crippen molar-refractivity contribution >= 4 is 22.6 Å². The van der Waals surface area contributed by atoms with Crippen LogP contribution in [0, 0.1) is 11.7 Å². The molecule has 2 heterocycles. The molecule has 0 saturated carbocycles. The van der Waals surface area contributed by atoms with E-state index in [0.29, 0.717) is 38.5 Å². The summed E-state index contributed by atoms with van der Waals surface area (Å²) in [5, 5.41) is 2.04. The Bertz CT molecular complexity index is 1250. The van der Waals surface area contributed by atoms with Gasteiger partial charge in [0, 0.05) is 50.2 Å². The van der Waals surface area contributed by atoms with Crippen molar-refractivity contribution in [2.24, 2.45) is 5.92 Å². The number of hydrazine groups is 1. The van der Waals surface area contributed by atoms with E-state index in [1.807, 2.05) is 65.4 Å². The fourth-order valence-electron chi connectivity index (χ4n) is 5.66. The van der Waals surface area contributed by atoms with E-state index in [0.717, 1.165) is 41.2 Å². The van der Waals surface area contributed by atoms with Crippen LogP contribution >= 0.6 is 0 Å². The van der Waals surface area contributed by atoms with E-state index in [1.54, 1.807) is 12.1 Å². The largest absolute Gasteiger partial charge is 0.346 e. The molecular weight excluding hydrogens is 467 g/mol. The molecule has 3 aromatic carbocycles. The average Bonchev–Trinajstić information content (AvgIpc) is 3.41. The molecular formula is C30H35FN4O2. The summed E-state index contributed by atoms with van der Waals surface area (Å²) in [6, 6.07) is 20.9. The monoisotopic (exact) mass is 502 g/mol. The highest BCUT2D eigenvalue weighted by atomic mass is 19.1. The molecule has 3 aromatic rings. The number of nitrogens with one attached hydrogen (secondary N) is 2. The number of amides is 2. The van der Waals surface area contributed by atoms with E-state index in [-0.39, 0.29) is 29.6 Å². The van der Waals surface area contributed by atoms with Gasteiger partial charge in [0.05, 0.1) is 0 Å². The molecule has 5 rings (SSSR count). The fourth-order valence-corrected chi connectivity index (χ4v) is 5.66. The van der Waals surface area contributed by atoms with Gasteiger partial charge in [0.1, 0.15) is 5.82 Å². The summed E-state index contributed by atoms with van der Waals surface area (Å²) in [6.07, 6.45) is 4.13. The Morgan fingerprint density at radius 1 is 1.00 bits per heavy atom. The minimum absolute atomic E-state index is 0.0369. The number of carbonyl (C=O) groups is 2. The van der Waals surface area contributed by atoms with E-state index in [2.05, 4.69) is 10.9 Å². The minimum atomic E-state index is -0.216. The van der Waals surface area contributed by atoms with Crippen LogP contribution in [-0.4, -0.2) is 54.3 Å². The highest BCUT2D eigenvalue weighted by Crippen LogP contribution is 2.26. The van der Waals surface area contributed by atoms with Crippen molar-refractivity contribution in [1.29, 1.82) is 0 Å². The van der Waals surface area contributed by atoms with E-state index < -0.39 is 0 Å². The molecule has 6 nitrogen and oxygen atoms in total. The molecule has 194 valence electrons. The Kier molecular flexibility index (Phi) is 7.82. The number of likely N-dealkylation sites (tertiary alicyclic amines) is 1. The Labute approximate surface area is 217 Å². The van der Waals surface area contributed by atoms with Gasteiger partial charge in [0.2, 0.25) is 5.91 Å². The van der Waals surface area contributed by atoms with Gasteiger partial charge < -0.3 is 9.80 Å². The van der Waals surface area contributed by atoms with Crippen LogP contribution in [0.15, 0.2) is 66.7 Å². The lowest BCUT2D eigenvalue weighted by Gasteiger charge is -2.33. The van der Waals surface area contributed by atoms with Crippen LogP contribution in [-0.2, 0) is 4.79 Å². The summed E-state index contributed by atoms with van der Waals surface area (Å²) in [4.78, 5) is 30.0. The zero-order valence-corrected chi connectivity index (χ0v) is 21.3. The van der Waals surface area contributed by atoms with E-state index >= 15 is 0 Å². The van der Waals surface area contributed by atoms with Gasteiger partial charge in [0.25, 0.3) is 5.91 Å². The van der Waals surface area contributed by atoms with Crippen LogP contribution in [0.4, 0.5) is 4.39 Å². The molecule has 0 radical (unpaired) electrons. The zero-order valence-electron chi connectivity index (χ0n) is 21.3. The van der Waals surface area contributed by atoms with Crippen molar-refractivity contribution in [3.8, 4) is 0 Å². The van der Waals surface area contributed by atoms with Crippen LogP contribution in [0.1, 0.15) is 54.1 Å². The molecule has 2 aliphatic rings. The zero-order chi connectivity index (χ0) is 25.8. The fraction of sp³-hybridized carbons (Fsp3) is 0.400. The van der Waals surface area contributed by atoms with Crippen molar-refractivity contribution in [1.82, 2.24) is 20.7 Å². The molecule has 2 aliphatic heterocycles. The molecule has 0 spiro atoms. The van der Waals surface area contributed by atoms with Crippen molar-refractivity contribution in [2.75, 3.05) is 26.7 Å². The third kappa shape index (κ3) is 5.84. The standard InChI is InChI=1S/C30H35FN4O2/c1-34(16-6-11-25-20-28(33-32-25)23-9-4-10-24(31)19-23)29(36)22-14-17-35(18-15-22)30(37)27-13-5-8-21-7-2-3-12-26(21)27/h2-5,7-10,12-13,19,22,25,28,32-33H,6,11,14-18,20H2,1H3. The Morgan fingerprint density at radius 3 is 2.57 bits per heavy atom. The smallest absolute Gasteiger partial charge is 0.254 e. The van der Waals surface area contributed by atoms with E-state index in [4.69, 9.17) is 0 Å². The van der Waals surface area contributed by atoms with Crippen LogP contribution in [0.2, 0.25) is 0 Å². The first-order valence-electron chi connectivity index (χ1n) is 13.3. The van der Waals surface area contributed by atoms with Gasteiger partial charge in [-0.15, -0.1) is 0 Å². The van der Waals surface area contributed by atoms with Crippen LogP contribution in [0.25, 0.3) is 10.8 Å². The second-order valence-corrected chi connectivity index (χ2v) is 10.3. The summed E-state index contributed by atoms with van der Waals surface area (Å²) < 4.78 is 13.5. The lowest BCUT2D eigenvalue weighted by Crippen LogP contribution is -2.43. The van der Waals surface area contributed by atoms with Gasteiger partial charge >= 0.3 is 0 Å². The van der Waals surface area contributed by atoms with Crippen molar-refractivity contribution in [3.63, 3.8) is 0 Å². The first kappa shape index (κ1) is 25.4. The number of rotatable bonds is 7. The molecule has 2 saturated heterocycles. The normalized spacial score (nSPS) is 20.3. The molecule has 2 atom stereocenters. The summed E-state index contributed by atoms with van der Waals surface area (Å²) >= 11 is 0. The number of piperidine rings is 1. The summed E-state index contributed by atoms with van der Waals surface area (Å²) in [5.41, 5.74) is 8.27. The Balaban J connectivity index is 1.06. The SMILES string of the molecule is CN(CCCC1CC(c2cccc(F)c2)NN1)C(=O)C1CCN(C(=O)c2cccc3ccccc23)CC1. The van der Waals surface area contributed by atoms with E-state index in [9.17, 15) is 14.0 Å². The predicted octanol–water partition coefficient (Wildman–Crippen LogP) is 4.68. The molecule has 7 heteroatoms. The predicted molar refractivity (Wildman–Crippen MR) is 143 cm³/mol. The first-order chi connectivity index (χ1) is 18.0. The number of carbonyl (C=O) groups excluding carboxylic acids is 2. The number of hydrogen-bond acceptors (Lipinski definition) is 4. The van der Waals surface area contributed by atoms with Crippen molar-refractivity contribution < 1.29 is 14.0 Å². The number of halogens is 1. The number of hydrogen-bond donors (Lipinski definition) is 2. The van der Waals surface area contributed by atoms with Crippen LogP contribution in [0.5, 0.6) is 0 Å². The van der Waals surface area contributed by atoms with Crippen molar-refractivity contribution in [3.05, 3.63) is 83.7 Å². The molecule has 2 unspecified atom stereocenters. The molecule has 0 aliphatic carbocycles. The maximum absolute atomic E-state index is 13.5. The lowest BCUT2D eigenvalue weighted by atomic mass is 9.94. The number of benzene rings is 3. The molecule has 2 N–H and O–H groups in total. The molecule has 0 bridgehead atoms. The van der Waals surface area contributed by atoms with Gasteiger partial charge in [-0.05, 0) is 66.6 Å². The highest BCUT2D eigenvalue weighted by molar-refractivity contribution is 6.07. The van der Waals surface area contributed by atoms with E-state index in [1.165, 1.54) is 6.07 Å². The van der Waals surface area contributed by atoms with Crippen LogP contribution in [0.3, 0.4) is 0 Å². The third-order valence-electron chi connectivity index (χ3n) is 7.81.